The third kappa shape index (κ3) is 4.71. The lowest BCUT2D eigenvalue weighted by atomic mass is 10.0. The molecule has 10 nitrogen and oxygen atoms in total. The SMILES string of the molecule is O=[N+]([O-])[CH-]C1CCCCN1/N=N/N1CCCCC1C[N+](=O)[O-]. The first-order chi connectivity index (χ1) is 10.6. The van der Waals surface area contributed by atoms with E-state index in [-0.39, 0.29) is 23.6 Å². The second-order valence-corrected chi connectivity index (χ2v) is 5.67. The van der Waals surface area contributed by atoms with Gasteiger partial charge in [0.05, 0.1) is 0 Å². The second-order valence-electron chi connectivity index (χ2n) is 5.67. The molecule has 2 fully saturated rings. The van der Waals surface area contributed by atoms with Gasteiger partial charge >= 0.3 is 0 Å². The third-order valence-corrected chi connectivity index (χ3v) is 4.04. The summed E-state index contributed by atoms with van der Waals surface area (Å²) >= 11 is 0. The summed E-state index contributed by atoms with van der Waals surface area (Å²) in [5.74, 6) is 0. The van der Waals surface area contributed by atoms with Crippen molar-refractivity contribution in [2.24, 2.45) is 10.4 Å². The van der Waals surface area contributed by atoms with E-state index in [1.54, 1.807) is 10.0 Å². The largest absolute Gasteiger partial charge is 0.296 e. The fraction of sp³-hybridized carbons (Fsp3) is 0.917. The number of hydrogen-bond acceptors (Lipinski definition) is 6. The minimum Gasteiger partial charge on any atom is -0.296 e. The Kier molecular flexibility index (Phi) is 5.73. The highest BCUT2D eigenvalue weighted by Crippen LogP contribution is 2.22. The Bertz CT molecular complexity index is 394. The van der Waals surface area contributed by atoms with Crippen molar-refractivity contribution in [3.63, 3.8) is 0 Å². The fourth-order valence-corrected chi connectivity index (χ4v) is 2.91. The van der Waals surface area contributed by atoms with Crippen LogP contribution in [0.25, 0.3) is 0 Å². The van der Waals surface area contributed by atoms with Crippen molar-refractivity contribution in [3.8, 4) is 0 Å². The summed E-state index contributed by atoms with van der Waals surface area (Å²) in [4.78, 5) is 20.6. The van der Waals surface area contributed by atoms with Gasteiger partial charge in [-0.2, -0.15) is 0 Å². The number of rotatable bonds is 6. The van der Waals surface area contributed by atoms with Gasteiger partial charge in [0.25, 0.3) is 0 Å². The number of piperidine rings is 2. The van der Waals surface area contributed by atoms with E-state index in [2.05, 4.69) is 10.4 Å². The average molecular weight is 313 g/mol. The number of nitrogens with zero attached hydrogens (tertiary/aromatic N) is 6. The Labute approximate surface area is 128 Å². The van der Waals surface area contributed by atoms with Crippen LogP contribution in [0.2, 0.25) is 0 Å². The van der Waals surface area contributed by atoms with Gasteiger partial charge in [0.15, 0.2) is 0 Å². The average Bonchev–Trinajstić information content (AvgIpc) is 2.46. The molecular weight excluding hydrogens is 292 g/mol. The van der Waals surface area contributed by atoms with Crippen LogP contribution in [0.4, 0.5) is 0 Å². The molecule has 0 saturated carbocycles. The van der Waals surface area contributed by atoms with Crippen LogP contribution in [-0.4, -0.2) is 51.6 Å². The number of hydrogen-bond donors (Lipinski definition) is 0. The van der Waals surface area contributed by atoms with Gasteiger partial charge in [-0.15, -0.1) is 4.92 Å². The van der Waals surface area contributed by atoms with Gasteiger partial charge in [-0.1, -0.05) is 23.3 Å². The summed E-state index contributed by atoms with van der Waals surface area (Å²) in [6.07, 6.45) is 5.13. The molecule has 0 amide bonds. The maximum absolute atomic E-state index is 10.7. The Balaban J connectivity index is 1.97. The van der Waals surface area contributed by atoms with Gasteiger partial charge in [0, 0.05) is 24.1 Å². The van der Waals surface area contributed by atoms with E-state index in [1.807, 2.05) is 0 Å². The van der Waals surface area contributed by atoms with Crippen molar-refractivity contribution in [3.05, 3.63) is 26.8 Å². The quantitative estimate of drug-likeness (QED) is 0.319. The summed E-state index contributed by atoms with van der Waals surface area (Å²) in [5, 5.41) is 32.9. The molecule has 0 radical (unpaired) electrons. The normalized spacial score (nSPS) is 26.2. The molecule has 2 saturated heterocycles. The van der Waals surface area contributed by atoms with Gasteiger partial charge in [0.2, 0.25) is 6.54 Å². The van der Waals surface area contributed by atoms with Crippen LogP contribution in [0.3, 0.4) is 0 Å². The Morgan fingerprint density at radius 3 is 2.32 bits per heavy atom. The lowest BCUT2D eigenvalue weighted by Gasteiger charge is -2.36. The summed E-state index contributed by atoms with van der Waals surface area (Å²) in [6.45, 7) is 2.15. The minimum atomic E-state index is -0.449. The zero-order valence-electron chi connectivity index (χ0n) is 12.4. The molecule has 0 spiro atoms. The lowest BCUT2D eigenvalue weighted by molar-refractivity contribution is -0.487. The molecule has 0 aromatic heterocycles. The van der Waals surface area contributed by atoms with Crippen molar-refractivity contribution in [1.29, 1.82) is 0 Å². The molecule has 124 valence electrons. The molecule has 0 aliphatic carbocycles. The molecule has 2 atom stereocenters. The molecule has 22 heavy (non-hydrogen) atoms. The second kappa shape index (κ2) is 7.76. The first-order valence-corrected chi connectivity index (χ1v) is 7.61. The summed E-state index contributed by atoms with van der Waals surface area (Å²) in [6, 6.07) is -0.596. The highest BCUT2D eigenvalue weighted by atomic mass is 16.6. The van der Waals surface area contributed by atoms with E-state index in [9.17, 15) is 20.2 Å². The van der Waals surface area contributed by atoms with Crippen LogP contribution in [0.5, 0.6) is 0 Å². The van der Waals surface area contributed by atoms with E-state index in [0.29, 0.717) is 19.5 Å². The first kappa shape index (κ1) is 16.2. The van der Waals surface area contributed by atoms with Gasteiger partial charge in [0.1, 0.15) is 6.04 Å². The van der Waals surface area contributed by atoms with Crippen molar-refractivity contribution in [2.75, 3.05) is 19.6 Å². The van der Waals surface area contributed by atoms with Crippen LogP contribution in [0, 0.1) is 26.8 Å². The molecule has 0 bridgehead atoms. The van der Waals surface area contributed by atoms with E-state index >= 15 is 0 Å². The monoisotopic (exact) mass is 313 g/mol. The van der Waals surface area contributed by atoms with Gasteiger partial charge in [-0.05, 0) is 32.2 Å². The molecule has 2 aliphatic rings. The number of nitro groups is 2. The first-order valence-electron chi connectivity index (χ1n) is 7.61. The third-order valence-electron chi connectivity index (χ3n) is 4.04. The molecule has 10 heteroatoms. The summed E-state index contributed by atoms with van der Waals surface area (Å²) < 4.78 is 0. The van der Waals surface area contributed by atoms with Gasteiger partial charge in [-0.3, -0.25) is 30.2 Å². The molecule has 0 N–H and O–H groups in total. The highest BCUT2D eigenvalue weighted by Gasteiger charge is 2.26. The van der Waals surface area contributed by atoms with Crippen LogP contribution in [0.1, 0.15) is 38.5 Å². The van der Waals surface area contributed by atoms with E-state index < -0.39 is 4.92 Å². The molecular formula is C12H21N6O4-. The van der Waals surface area contributed by atoms with Crippen molar-refractivity contribution < 1.29 is 9.85 Å². The van der Waals surface area contributed by atoms with Crippen LogP contribution in [0.15, 0.2) is 10.4 Å². The predicted octanol–water partition coefficient (Wildman–Crippen LogP) is 1.69. The zero-order chi connectivity index (χ0) is 15.9. The van der Waals surface area contributed by atoms with Crippen LogP contribution < -0.4 is 0 Å². The van der Waals surface area contributed by atoms with Crippen LogP contribution in [-0.2, 0) is 0 Å². The molecule has 0 aromatic rings. The standard InChI is InChI=1S/C12H21N6O4/c19-17(20)9-11-5-1-3-7-15(11)13-14-16-8-4-2-6-12(16)10-18(21)22/h9,11-12H,1-8,10H2/q-1/b14-13+. The highest BCUT2D eigenvalue weighted by molar-refractivity contribution is 4.80. The topological polar surface area (TPSA) is 117 Å². The summed E-state index contributed by atoms with van der Waals surface area (Å²) in [7, 11) is 0. The minimum absolute atomic E-state index is 0.149. The van der Waals surface area contributed by atoms with Crippen LogP contribution >= 0.6 is 0 Å². The molecule has 2 heterocycles. The fourth-order valence-electron chi connectivity index (χ4n) is 2.91. The smallest absolute Gasteiger partial charge is 0.225 e. The van der Waals surface area contributed by atoms with E-state index in [1.165, 1.54) is 0 Å². The van der Waals surface area contributed by atoms with Gasteiger partial charge in [-0.25, -0.2) is 0 Å². The summed E-state index contributed by atoms with van der Waals surface area (Å²) in [5.41, 5.74) is 0. The van der Waals surface area contributed by atoms with Crippen molar-refractivity contribution in [1.82, 2.24) is 10.0 Å². The maximum atomic E-state index is 10.7. The molecule has 2 aliphatic heterocycles. The van der Waals surface area contributed by atoms with Crippen molar-refractivity contribution >= 4 is 0 Å². The lowest BCUT2D eigenvalue weighted by Crippen LogP contribution is -2.41. The Morgan fingerprint density at radius 2 is 1.64 bits per heavy atom. The maximum Gasteiger partial charge on any atom is 0.225 e. The molecule has 2 unspecified atom stereocenters. The Hall–Kier alpha value is -2.13. The Morgan fingerprint density at radius 1 is 1.00 bits per heavy atom. The van der Waals surface area contributed by atoms with Crippen molar-refractivity contribution in [2.45, 2.75) is 50.6 Å². The van der Waals surface area contributed by atoms with E-state index in [0.717, 1.165) is 38.6 Å². The zero-order valence-corrected chi connectivity index (χ0v) is 12.4. The molecule has 2 rings (SSSR count). The van der Waals surface area contributed by atoms with Gasteiger partial charge < -0.3 is 0 Å². The predicted molar refractivity (Wildman–Crippen MR) is 76.7 cm³/mol. The molecule has 0 aromatic carbocycles. The van der Waals surface area contributed by atoms with E-state index in [4.69, 9.17) is 0 Å².